The summed E-state index contributed by atoms with van der Waals surface area (Å²) < 4.78 is 25.6. The molecule has 1 nitrogen and oxygen atoms in total. The third-order valence-corrected chi connectivity index (χ3v) is 3.21. The van der Waals surface area contributed by atoms with Crippen LogP contribution in [0.15, 0.2) is 18.2 Å². The number of rotatable bonds is 1. The molecule has 0 aromatic heterocycles. The average molecular weight is 197 g/mol. The SMILES string of the molecule is CC1(C)C(N)C1c1ccc(F)c(F)c1. The van der Waals surface area contributed by atoms with Crippen LogP contribution in [0.3, 0.4) is 0 Å². The van der Waals surface area contributed by atoms with E-state index in [1.165, 1.54) is 6.07 Å². The summed E-state index contributed by atoms with van der Waals surface area (Å²) in [7, 11) is 0. The fourth-order valence-corrected chi connectivity index (χ4v) is 2.02. The highest BCUT2D eigenvalue weighted by Gasteiger charge is 2.56. The number of nitrogens with two attached hydrogens (primary N) is 1. The Morgan fingerprint density at radius 2 is 1.79 bits per heavy atom. The molecular weight excluding hydrogens is 184 g/mol. The summed E-state index contributed by atoms with van der Waals surface area (Å²) >= 11 is 0. The summed E-state index contributed by atoms with van der Waals surface area (Å²) in [6, 6.07) is 4.06. The molecule has 0 spiro atoms. The summed E-state index contributed by atoms with van der Waals surface area (Å²) in [5.41, 5.74) is 6.65. The van der Waals surface area contributed by atoms with Gasteiger partial charge in [-0.2, -0.15) is 0 Å². The van der Waals surface area contributed by atoms with Crippen molar-refractivity contribution >= 4 is 0 Å². The van der Waals surface area contributed by atoms with Crippen LogP contribution >= 0.6 is 0 Å². The van der Waals surface area contributed by atoms with Gasteiger partial charge in [-0.1, -0.05) is 19.9 Å². The molecule has 1 aliphatic rings. The van der Waals surface area contributed by atoms with E-state index in [9.17, 15) is 8.78 Å². The molecule has 1 aromatic carbocycles. The molecule has 1 fully saturated rings. The van der Waals surface area contributed by atoms with Crippen molar-refractivity contribution < 1.29 is 8.78 Å². The maximum absolute atomic E-state index is 12.9. The van der Waals surface area contributed by atoms with Crippen molar-refractivity contribution in [3.8, 4) is 0 Å². The van der Waals surface area contributed by atoms with Crippen molar-refractivity contribution in [1.29, 1.82) is 0 Å². The molecule has 0 amide bonds. The molecule has 0 radical (unpaired) electrons. The van der Waals surface area contributed by atoms with Crippen molar-refractivity contribution in [1.82, 2.24) is 0 Å². The Kier molecular flexibility index (Phi) is 1.89. The molecule has 0 heterocycles. The van der Waals surface area contributed by atoms with E-state index in [1.807, 2.05) is 13.8 Å². The smallest absolute Gasteiger partial charge is 0.159 e. The molecule has 2 N–H and O–H groups in total. The maximum Gasteiger partial charge on any atom is 0.159 e. The van der Waals surface area contributed by atoms with Crippen molar-refractivity contribution in [3.05, 3.63) is 35.4 Å². The molecule has 0 bridgehead atoms. The first-order valence-electron chi connectivity index (χ1n) is 4.65. The third kappa shape index (κ3) is 1.23. The summed E-state index contributed by atoms with van der Waals surface area (Å²) in [6.45, 7) is 4.06. The summed E-state index contributed by atoms with van der Waals surface area (Å²) in [5, 5.41) is 0. The lowest BCUT2D eigenvalue weighted by Gasteiger charge is -2.02. The van der Waals surface area contributed by atoms with Gasteiger partial charge in [0.05, 0.1) is 0 Å². The van der Waals surface area contributed by atoms with E-state index in [1.54, 1.807) is 6.07 Å². The van der Waals surface area contributed by atoms with E-state index in [0.29, 0.717) is 0 Å². The van der Waals surface area contributed by atoms with Crippen molar-refractivity contribution in [2.24, 2.45) is 11.1 Å². The van der Waals surface area contributed by atoms with Crippen LogP contribution in [-0.2, 0) is 0 Å². The van der Waals surface area contributed by atoms with Gasteiger partial charge in [0.1, 0.15) is 0 Å². The number of benzene rings is 1. The molecule has 0 saturated heterocycles. The molecule has 14 heavy (non-hydrogen) atoms. The zero-order valence-corrected chi connectivity index (χ0v) is 8.22. The number of hydrogen-bond acceptors (Lipinski definition) is 1. The Morgan fingerprint density at radius 3 is 2.21 bits per heavy atom. The lowest BCUT2D eigenvalue weighted by molar-refractivity contribution is 0.506. The van der Waals surface area contributed by atoms with E-state index in [2.05, 4.69) is 0 Å². The molecular formula is C11H13F2N. The van der Waals surface area contributed by atoms with E-state index in [4.69, 9.17) is 5.73 Å². The topological polar surface area (TPSA) is 26.0 Å². The van der Waals surface area contributed by atoms with Crippen molar-refractivity contribution in [2.75, 3.05) is 0 Å². The van der Waals surface area contributed by atoms with E-state index in [0.717, 1.165) is 11.6 Å². The van der Waals surface area contributed by atoms with Gasteiger partial charge in [0.25, 0.3) is 0 Å². The van der Waals surface area contributed by atoms with Gasteiger partial charge in [-0.15, -0.1) is 0 Å². The first kappa shape index (κ1) is 9.59. The standard InChI is InChI=1S/C11H13F2N/c1-11(2)9(10(11)14)6-3-4-7(12)8(13)5-6/h3-5,9-10H,14H2,1-2H3. The van der Waals surface area contributed by atoms with E-state index < -0.39 is 11.6 Å². The molecule has 76 valence electrons. The minimum Gasteiger partial charge on any atom is -0.327 e. The first-order chi connectivity index (χ1) is 6.44. The zero-order chi connectivity index (χ0) is 10.5. The predicted octanol–water partition coefficient (Wildman–Crippen LogP) is 2.42. The Bertz CT molecular complexity index is 374. The molecule has 2 unspecified atom stereocenters. The van der Waals surface area contributed by atoms with Gasteiger partial charge < -0.3 is 5.73 Å². The largest absolute Gasteiger partial charge is 0.327 e. The Morgan fingerprint density at radius 1 is 1.21 bits per heavy atom. The highest BCUT2D eigenvalue weighted by molar-refractivity contribution is 5.34. The maximum atomic E-state index is 12.9. The second kappa shape index (κ2) is 2.76. The second-order valence-electron chi connectivity index (χ2n) is 4.50. The van der Waals surface area contributed by atoms with Gasteiger partial charge in [0, 0.05) is 12.0 Å². The lowest BCUT2D eigenvalue weighted by atomic mass is 10.0. The van der Waals surface area contributed by atoms with Crippen LogP contribution in [0.5, 0.6) is 0 Å². The third-order valence-electron chi connectivity index (χ3n) is 3.21. The zero-order valence-electron chi connectivity index (χ0n) is 8.22. The monoisotopic (exact) mass is 197 g/mol. The quantitative estimate of drug-likeness (QED) is 0.735. The van der Waals surface area contributed by atoms with Crippen LogP contribution in [0.25, 0.3) is 0 Å². The van der Waals surface area contributed by atoms with Crippen molar-refractivity contribution in [3.63, 3.8) is 0 Å². The minimum absolute atomic E-state index is 0.00424. The summed E-state index contributed by atoms with van der Waals surface area (Å²) in [5.74, 6) is -1.45. The Balaban J connectivity index is 2.32. The highest BCUT2D eigenvalue weighted by Crippen LogP contribution is 2.57. The van der Waals surface area contributed by atoms with E-state index in [-0.39, 0.29) is 17.4 Å². The molecule has 1 aromatic rings. The predicted molar refractivity (Wildman–Crippen MR) is 50.9 cm³/mol. The second-order valence-corrected chi connectivity index (χ2v) is 4.50. The molecule has 1 saturated carbocycles. The van der Waals surface area contributed by atoms with E-state index >= 15 is 0 Å². The summed E-state index contributed by atoms with van der Waals surface area (Å²) in [4.78, 5) is 0. The van der Waals surface area contributed by atoms with Crippen LogP contribution in [-0.4, -0.2) is 6.04 Å². The highest BCUT2D eigenvalue weighted by atomic mass is 19.2. The van der Waals surface area contributed by atoms with Crippen molar-refractivity contribution in [2.45, 2.75) is 25.8 Å². The van der Waals surface area contributed by atoms with Gasteiger partial charge in [-0.25, -0.2) is 8.78 Å². The molecule has 3 heteroatoms. The fraction of sp³-hybridized carbons (Fsp3) is 0.455. The van der Waals surface area contributed by atoms with Gasteiger partial charge in [0.2, 0.25) is 0 Å². The van der Waals surface area contributed by atoms with Gasteiger partial charge in [0.15, 0.2) is 11.6 Å². The van der Waals surface area contributed by atoms with Crippen LogP contribution in [0.1, 0.15) is 25.3 Å². The molecule has 0 aliphatic heterocycles. The van der Waals surface area contributed by atoms with Crippen LogP contribution in [0.2, 0.25) is 0 Å². The number of hydrogen-bond donors (Lipinski definition) is 1. The average Bonchev–Trinajstić information content (AvgIpc) is 2.58. The van der Waals surface area contributed by atoms with Crippen LogP contribution < -0.4 is 5.73 Å². The first-order valence-corrected chi connectivity index (χ1v) is 4.65. The molecule has 2 atom stereocenters. The Hall–Kier alpha value is -0.960. The fourth-order valence-electron chi connectivity index (χ4n) is 2.02. The molecule has 2 rings (SSSR count). The van der Waals surface area contributed by atoms with Gasteiger partial charge >= 0.3 is 0 Å². The van der Waals surface area contributed by atoms with Gasteiger partial charge in [-0.3, -0.25) is 0 Å². The molecule has 1 aliphatic carbocycles. The number of halogens is 2. The minimum atomic E-state index is -0.805. The van der Waals surface area contributed by atoms with Gasteiger partial charge in [-0.05, 0) is 23.1 Å². The van der Waals surface area contributed by atoms with Crippen LogP contribution in [0, 0.1) is 17.0 Å². The normalized spacial score (nSPS) is 28.9. The lowest BCUT2D eigenvalue weighted by Crippen LogP contribution is -2.06. The summed E-state index contributed by atoms with van der Waals surface area (Å²) in [6.07, 6.45) is 0. The van der Waals surface area contributed by atoms with Crippen LogP contribution in [0.4, 0.5) is 8.78 Å². The Labute approximate surface area is 81.9 Å².